The van der Waals surface area contributed by atoms with Gasteiger partial charge in [-0.05, 0) is 49.4 Å². The minimum atomic E-state index is -0.850. The molecule has 4 amide bonds. The van der Waals surface area contributed by atoms with Crippen LogP contribution in [0.4, 0.5) is 10.5 Å². The van der Waals surface area contributed by atoms with Gasteiger partial charge in [0.05, 0.1) is 24.4 Å². The van der Waals surface area contributed by atoms with E-state index in [1.54, 1.807) is 24.3 Å². The Hall–Kier alpha value is -3.03. The number of rotatable bonds is 5. The Kier molecular flexibility index (Phi) is 6.10. The van der Waals surface area contributed by atoms with E-state index in [0.717, 1.165) is 4.90 Å². The van der Waals surface area contributed by atoms with Gasteiger partial charge in [0.1, 0.15) is 17.1 Å². The van der Waals surface area contributed by atoms with Crippen molar-refractivity contribution in [2.45, 2.75) is 6.92 Å². The second kappa shape index (κ2) is 8.55. The van der Waals surface area contributed by atoms with Gasteiger partial charge in [0.15, 0.2) is 0 Å². The topological polar surface area (TPSA) is 84.9 Å². The molecule has 1 heterocycles. The number of nitrogens with zero attached hydrogens (tertiary/aromatic N) is 1. The monoisotopic (exact) mass is 434 g/mol. The van der Waals surface area contributed by atoms with Gasteiger partial charge in [-0.2, -0.15) is 0 Å². The molecule has 0 spiro atoms. The average Bonchev–Trinajstić information content (AvgIpc) is 2.66. The number of halogens is 2. The van der Waals surface area contributed by atoms with Crippen LogP contribution in [-0.4, -0.2) is 31.6 Å². The average molecular weight is 435 g/mol. The van der Waals surface area contributed by atoms with Crippen LogP contribution in [0.3, 0.4) is 0 Å². The van der Waals surface area contributed by atoms with Crippen molar-refractivity contribution in [3.63, 3.8) is 0 Å². The SMILES string of the molecule is CCOc1ccc(N2C(=O)NC(=O)/C(=C\c3cc(Cl)cc(Cl)c3OC)C2=O)cc1. The molecule has 1 aliphatic rings. The van der Waals surface area contributed by atoms with Crippen molar-refractivity contribution < 1.29 is 23.9 Å². The van der Waals surface area contributed by atoms with Crippen LogP contribution in [0.5, 0.6) is 11.5 Å². The third kappa shape index (κ3) is 4.21. The highest BCUT2D eigenvalue weighted by molar-refractivity contribution is 6.40. The molecule has 2 aromatic carbocycles. The first-order valence-corrected chi connectivity index (χ1v) is 9.28. The summed E-state index contributed by atoms with van der Waals surface area (Å²) < 4.78 is 10.6. The number of carbonyl (C=O) groups is 3. The number of nitrogens with one attached hydrogen (secondary N) is 1. The number of barbiturate groups is 1. The minimum Gasteiger partial charge on any atom is -0.495 e. The van der Waals surface area contributed by atoms with Gasteiger partial charge in [0.2, 0.25) is 0 Å². The van der Waals surface area contributed by atoms with E-state index in [2.05, 4.69) is 5.32 Å². The number of hydrogen-bond donors (Lipinski definition) is 1. The number of hydrogen-bond acceptors (Lipinski definition) is 5. The molecule has 0 aliphatic carbocycles. The fraction of sp³-hybridized carbons (Fsp3) is 0.150. The van der Waals surface area contributed by atoms with Gasteiger partial charge < -0.3 is 9.47 Å². The second-order valence-corrected chi connectivity index (χ2v) is 6.74. The standard InChI is InChI=1S/C20H16Cl2N2O5/c1-3-29-14-6-4-13(5-7-14)24-19(26)15(18(25)23-20(24)27)9-11-8-12(21)10-16(22)17(11)28-2/h4-10H,3H2,1-2H3,(H,23,25,27)/b15-9+. The van der Waals surface area contributed by atoms with E-state index < -0.39 is 17.8 Å². The van der Waals surface area contributed by atoms with Crippen molar-refractivity contribution in [1.82, 2.24) is 5.32 Å². The zero-order valence-electron chi connectivity index (χ0n) is 15.5. The highest BCUT2D eigenvalue weighted by Gasteiger charge is 2.37. The Labute approximate surface area is 176 Å². The number of imide groups is 2. The van der Waals surface area contributed by atoms with Gasteiger partial charge >= 0.3 is 6.03 Å². The molecule has 150 valence electrons. The number of urea groups is 1. The smallest absolute Gasteiger partial charge is 0.335 e. The van der Waals surface area contributed by atoms with Crippen LogP contribution >= 0.6 is 23.2 Å². The molecule has 0 saturated carbocycles. The molecule has 0 bridgehead atoms. The van der Waals surface area contributed by atoms with Crippen molar-refractivity contribution in [3.05, 3.63) is 57.6 Å². The molecular weight excluding hydrogens is 419 g/mol. The number of ether oxygens (including phenoxy) is 2. The van der Waals surface area contributed by atoms with Gasteiger partial charge in [-0.3, -0.25) is 14.9 Å². The van der Waals surface area contributed by atoms with Crippen LogP contribution in [0.15, 0.2) is 42.0 Å². The number of amides is 4. The zero-order chi connectivity index (χ0) is 21.1. The summed E-state index contributed by atoms with van der Waals surface area (Å²) in [6.45, 7) is 2.32. The molecule has 1 N–H and O–H groups in total. The maximum absolute atomic E-state index is 13.0. The van der Waals surface area contributed by atoms with Crippen molar-refractivity contribution in [3.8, 4) is 11.5 Å². The highest BCUT2D eigenvalue weighted by atomic mass is 35.5. The van der Waals surface area contributed by atoms with Gasteiger partial charge in [0.25, 0.3) is 11.8 Å². The lowest BCUT2D eigenvalue weighted by Gasteiger charge is -2.26. The zero-order valence-corrected chi connectivity index (χ0v) is 17.0. The Morgan fingerprint density at radius 3 is 2.41 bits per heavy atom. The summed E-state index contributed by atoms with van der Waals surface area (Å²) in [5, 5.41) is 2.67. The largest absolute Gasteiger partial charge is 0.495 e. The van der Waals surface area contributed by atoms with Crippen LogP contribution < -0.4 is 19.7 Å². The first kappa shape index (κ1) is 20.7. The first-order chi connectivity index (χ1) is 13.8. The summed E-state index contributed by atoms with van der Waals surface area (Å²) in [5.41, 5.74) is 0.338. The molecule has 1 saturated heterocycles. The molecule has 2 aromatic rings. The summed E-state index contributed by atoms with van der Waals surface area (Å²) in [6.07, 6.45) is 1.28. The summed E-state index contributed by atoms with van der Waals surface area (Å²) in [7, 11) is 1.40. The Balaban J connectivity index is 2.02. The van der Waals surface area contributed by atoms with Gasteiger partial charge in [-0.25, -0.2) is 9.69 Å². The molecule has 29 heavy (non-hydrogen) atoms. The fourth-order valence-electron chi connectivity index (χ4n) is 2.81. The molecule has 7 nitrogen and oxygen atoms in total. The fourth-order valence-corrected chi connectivity index (χ4v) is 3.39. The predicted octanol–water partition coefficient (Wildman–Crippen LogP) is 4.07. The van der Waals surface area contributed by atoms with Crippen molar-refractivity contribution >= 4 is 52.8 Å². The highest BCUT2D eigenvalue weighted by Crippen LogP contribution is 2.34. The van der Waals surface area contributed by atoms with Crippen LogP contribution in [0.25, 0.3) is 6.08 Å². The number of carbonyl (C=O) groups excluding carboxylic acids is 3. The van der Waals surface area contributed by atoms with E-state index in [0.29, 0.717) is 22.9 Å². The number of anilines is 1. The van der Waals surface area contributed by atoms with Gasteiger partial charge in [-0.1, -0.05) is 23.2 Å². The van der Waals surface area contributed by atoms with Gasteiger partial charge in [0, 0.05) is 10.6 Å². The molecule has 0 radical (unpaired) electrons. The number of methoxy groups -OCH3 is 1. The summed E-state index contributed by atoms with van der Waals surface area (Å²) in [4.78, 5) is 38.5. The Bertz CT molecular complexity index is 1020. The Morgan fingerprint density at radius 2 is 1.79 bits per heavy atom. The van der Waals surface area contributed by atoms with Crippen molar-refractivity contribution in [2.24, 2.45) is 0 Å². The molecule has 9 heteroatoms. The molecule has 1 aliphatic heterocycles. The third-order valence-electron chi connectivity index (χ3n) is 4.05. The van der Waals surface area contributed by atoms with Crippen LogP contribution in [-0.2, 0) is 9.59 Å². The van der Waals surface area contributed by atoms with E-state index >= 15 is 0 Å². The molecule has 0 atom stereocenters. The lowest BCUT2D eigenvalue weighted by atomic mass is 10.1. The van der Waals surface area contributed by atoms with Crippen molar-refractivity contribution in [1.29, 1.82) is 0 Å². The van der Waals surface area contributed by atoms with E-state index in [4.69, 9.17) is 32.7 Å². The van der Waals surface area contributed by atoms with E-state index in [1.807, 2.05) is 6.92 Å². The van der Waals surface area contributed by atoms with E-state index in [-0.39, 0.29) is 22.0 Å². The maximum atomic E-state index is 13.0. The Morgan fingerprint density at radius 1 is 1.10 bits per heavy atom. The van der Waals surface area contributed by atoms with Crippen LogP contribution in [0, 0.1) is 0 Å². The molecule has 1 fully saturated rings. The molecule has 3 rings (SSSR count). The summed E-state index contributed by atoms with van der Waals surface area (Å²) in [6, 6.07) is 8.47. The predicted molar refractivity (Wildman–Crippen MR) is 110 cm³/mol. The molecular formula is C20H16Cl2N2O5. The lowest BCUT2D eigenvalue weighted by Crippen LogP contribution is -2.54. The van der Waals surface area contributed by atoms with Gasteiger partial charge in [-0.15, -0.1) is 0 Å². The van der Waals surface area contributed by atoms with E-state index in [9.17, 15) is 14.4 Å². The molecule has 0 unspecified atom stereocenters. The van der Waals surface area contributed by atoms with Crippen LogP contribution in [0.2, 0.25) is 10.0 Å². The van der Waals surface area contributed by atoms with Crippen molar-refractivity contribution in [2.75, 3.05) is 18.6 Å². The lowest BCUT2D eigenvalue weighted by molar-refractivity contribution is -0.122. The molecule has 0 aromatic heterocycles. The maximum Gasteiger partial charge on any atom is 0.335 e. The summed E-state index contributed by atoms with van der Waals surface area (Å²) >= 11 is 12.1. The third-order valence-corrected chi connectivity index (χ3v) is 4.55. The summed E-state index contributed by atoms with van der Waals surface area (Å²) in [5.74, 6) is -0.790. The first-order valence-electron chi connectivity index (χ1n) is 8.53. The minimum absolute atomic E-state index is 0.218. The quantitative estimate of drug-likeness (QED) is 0.566. The second-order valence-electron chi connectivity index (χ2n) is 5.89. The van der Waals surface area contributed by atoms with Crippen LogP contribution in [0.1, 0.15) is 12.5 Å². The normalized spacial score (nSPS) is 15.5. The number of benzene rings is 2. The van der Waals surface area contributed by atoms with E-state index in [1.165, 1.54) is 25.3 Å².